The summed E-state index contributed by atoms with van der Waals surface area (Å²) >= 11 is 0. The van der Waals surface area contributed by atoms with Crippen molar-refractivity contribution in [1.29, 1.82) is 0 Å². The first-order valence-corrected chi connectivity index (χ1v) is 10.0. The average Bonchev–Trinajstić information content (AvgIpc) is 3.45. The van der Waals surface area contributed by atoms with Crippen LogP contribution in [-0.4, -0.2) is 36.6 Å². The van der Waals surface area contributed by atoms with Crippen molar-refractivity contribution in [2.24, 2.45) is 0 Å². The molecule has 0 aliphatic heterocycles. The van der Waals surface area contributed by atoms with Crippen molar-refractivity contribution < 1.29 is 9.26 Å². The molecule has 0 saturated heterocycles. The van der Waals surface area contributed by atoms with Crippen LogP contribution in [0.3, 0.4) is 0 Å². The van der Waals surface area contributed by atoms with Gasteiger partial charge in [-0.05, 0) is 43.7 Å². The molecule has 160 valence electrons. The number of rotatable bonds is 5. The van der Waals surface area contributed by atoms with E-state index in [4.69, 9.17) is 9.26 Å². The molecule has 3 heterocycles. The number of aromatic nitrogens is 6. The Morgan fingerprint density at radius 3 is 2.75 bits per heavy atom. The second-order valence-electron chi connectivity index (χ2n) is 7.48. The van der Waals surface area contributed by atoms with Crippen LogP contribution < -0.4 is 10.3 Å². The normalized spacial score (nSPS) is 11.2. The van der Waals surface area contributed by atoms with Crippen molar-refractivity contribution in [3.63, 3.8) is 0 Å². The zero-order chi connectivity index (χ0) is 22.2. The molecule has 5 rings (SSSR count). The number of fused-ring (bicyclic) bond motifs is 1. The third-order valence-electron chi connectivity index (χ3n) is 5.26. The van der Waals surface area contributed by atoms with Crippen LogP contribution >= 0.6 is 0 Å². The molecule has 2 aromatic carbocycles. The summed E-state index contributed by atoms with van der Waals surface area (Å²) in [5.41, 5.74) is 4.74. The van der Waals surface area contributed by atoms with Gasteiger partial charge in [0.05, 0.1) is 18.4 Å². The van der Waals surface area contributed by atoms with E-state index < -0.39 is 0 Å². The first kappa shape index (κ1) is 19.7. The van der Waals surface area contributed by atoms with E-state index in [1.54, 1.807) is 13.2 Å². The molecule has 0 bridgehead atoms. The van der Waals surface area contributed by atoms with E-state index in [1.807, 2.05) is 50.2 Å². The largest absolute Gasteiger partial charge is 0.496 e. The van der Waals surface area contributed by atoms with Gasteiger partial charge in [-0.25, -0.2) is 9.20 Å². The summed E-state index contributed by atoms with van der Waals surface area (Å²) in [5.74, 6) is 1.28. The third-order valence-corrected chi connectivity index (χ3v) is 5.26. The highest BCUT2D eigenvalue weighted by atomic mass is 16.5. The van der Waals surface area contributed by atoms with Gasteiger partial charge >= 0.3 is 0 Å². The maximum Gasteiger partial charge on any atom is 0.293 e. The van der Waals surface area contributed by atoms with Crippen LogP contribution in [0.15, 0.2) is 64.2 Å². The van der Waals surface area contributed by atoms with E-state index in [-0.39, 0.29) is 18.0 Å². The second kappa shape index (κ2) is 7.77. The molecule has 9 heteroatoms. The van der Waals surface area contributed by atoms with Crippen LogP contribution in [0.1, 0.15) is 17.0 Å². The number of aryl methyl sites for hydroxylation is 2. The number of nitrogens with zero attached hydrogens (tertiary/aromatic N) is 6. The van der Waals surface area contributed by atoms with Gasteiger partial charge in [-0.1, -0.05) is 35.0 Å². The lowest BCUT2D eigenvalue weighted by Gasteiger charge is -2.03. The van der Waals surface area contributed by atoms with Gasteiger partial charge in [0.25, 0.3) is 5.56 Å². The van der Waals surface area contributed by atoms with E-state index in [0.717, 1.165) is 22.4 Å². The molecule has 0 aliphatic rings. The third kappa shape index (κ3) is 3.43. The maximum atomic E-state index is 13.0. The van der Waals surface area contributed by atoms with Crippen molar-refractivity contribution in [3.8, 4) is 28.4 Å². The van der Waals surface area contributed by atoms with Crippen LogP contribution in [0.2, 0.25) is 0 Å². The van der Waals surface area contributed by atoms with Crippen molar-refractivity contribution >= 4 is 5.52 Å². The van der Waals surface area contributed by atoms with Crippen molar-refractivity contribution in [3.05, 3.63) is 82.2 Å². The molecule has 0 unspecified atom stereocenters. The highest BCUT2D eigenvalue weighted by Gasteiger charge is 2.16. The van der Waals surface area contributed by atoms with Crippen LogP contribution in [0.4, 0.5) is 0 Å². The maximum absolute atomic E-state index is 13.0. The smallest absolute Gasteiger partial charge is 0.293 e. The summed E-state index contributed by atoms with van der Waals surface area (Å²) < 4.78 is 13.5. The van der Waals surface area contributed by atoms with Crippen LogP contribution in [-0.2, 0) is 6.54 Å². The predicted octanol–water partition coefficient (Wildman–Crippen LogP) is 3.28. The van der Waals surface area contributed by atoms with Crippen LogP contribution in [0.25, 0.3) is 28.2 Å². The molecule has 0 N–H and O–H groups in total. The van der Waals surface area contributed by atoms with Gasteiger partial charge in [-0.15, -0.1) is 0 Å². The summed E-state index contributed by atoms with van der Waals surface area (Å²) in [6.07, 6.45) is 1.50. The van der Waals surface area contributed by atoms with E-state index in [1.165, 1.54) is 15.5 Å². The molecule has 32 heavy (non-hydrogen) atoms. The van der Waals surface area contributed by atoms with Crippen LogP contribution in [0.5, 0.6) is 5.75 Å². The number of methoxy groups -OCH3 is 1. The van der Waals surface area contributed by atoms with Gasteiger partial charge in [0, 0.05) is 5.56 Å². The number of para-hydroxylation sites is 1. The van der Waals surface area contributed by atoms with E-state index in [9.17, 15) is 4.79 Å². The standard InChI is InChI=1S/C23H20N6O3/c1-14-8-9-15(2)17(10-14)18-11-19-23(30)28(24-13-29(19)26-18)12-21-25-22(27-32-21)16-6-4-5-7-20(16)31-3/h4-11,13H,12H2,1-3H3. The van der Waals surface area contributed by atoms with Crippen molar-refractivity contribution in [1.82, 2.24) is 29.5 Å². The molecule has 0 fully saturated rings. The minimum atomic E-state index is -0.298. The molecule has 0 radical (unpaired) electrons. The fourth-order valence-electron chi connectivity index (χ4n) is 3.58. The number of hydrogen-bond acceptors (Lipinski definition) is 7. The summed E-state index contributed by atoms with van der Waals surface area (Å²) in [4.78, 5) is 17.4. The Morgan fingerprint density at radius 2 is 1.91 bits per heavy atom. The molecule has 0 atom stereocenters. The van der Waals surface area contributed by atoms with Gasteiger partial charge < -0.3 is 9.26 Å². The van der Waals surface area contributed by atoms with Crippen molar-refractivity contribution in [2.75, 3.05) is 7.11 Å². The minimum absolute atomic E-state index is 0.0431. The lowest BCUT2D eigenvalue weighted by molar-refractivity contribution is 0.362. The first-order valence-electron chi connectivity index (χ1n) is 10.0. The first-order chi connectivity index (χ1) is 15.5. The molecule has 3 aromatic heterocycles. The summed E-state index contributed by atoms with van der Waals surface area (Å²) in [6, 6.07) is 15.3. The zero-order valence-electron chi connectivity index (χ0n) is 17.8. The fourth-order valence-corrected chi connectivity index (χ4v) is 3.58. The average molecular weight is 428 g/mol. The molecule has 0 spiro atoms. The number of hydrogen-bond donors (Lipinski definition) is 0. The Morgan fingerprint density at radius 1 is 1.06 bits per heavy atom. The van der Waals surface area contributed by atoms with Crippen LogP contribution in [0, 0.1) is 13.8 Å². The highest BCUT2D eigenvalue weighted by molar-refractivity contribution is 5.69. The number of ether oxygens (including phenoxy) is 1. The highest BCUT2D eigenvalue weighted by Crippen LogP contribution is 2.27. The fraction of sp³-hybridized carbons (Fsp3) is 0.174. The lowest BCUT2D eigenvalue weighted by atomic mass is 10.0. The second-order valence-corrected chi connectivity index (χ2v) is 7.48. The van der Waals surface area contributed by atoms with E-state index in [2.05, 4.69) is 26.4 Å². The van der Waals surface area contributed by atoms with Gasteiger partial charge in [0.1, 0.15) is 24.1 Å². The van der Waals surface area contributed by atoms with E-state index in [0.29, 0.717) is 22.7 Å². The summed E-state index contributed by atoms with van der Waals surface area (Å²) in [7, 11) is 1.58. The predicted molar refractivity (Wildman–Crippen MR) is 118 cm³/mol. The van der Waals surface area contributed by atoms with E-state index >= 15 is 0 Å². The molecule has 0 saturated carbocycles. The Bertz CT molecular complexity index is 1500. The molecular weight excluding hydrogens is 408 g/mol. The number of benzene rings is 2. The molecular formula is C23H20N6O3. The van der Waals surface area contributed by atoms with Gasteiger partial charge in [-0.3, -0.25) is 4.79 Å². The summed E-state index contributed by atoms with van der Waals surface area (Å²) in [5, 5.41) is 12.8. The Hall–Kier alpha value is -4.27. The minimum Gasteiger partial charge on any atom is -0.496 e. The van der Waals surface area contributed by atoms with Gasteiger partial charge in [0.15, 0.2) is 0 Å². The van der Waals surface area contributed by atoms with Gasteiger partial charge in [0.2, 0.25) is 11.7 Å². The Kier molecular flexibility index (Phi) is 4.78. The van der Waals surface area contributed by atoms with Crippen molar-refractivity contribution in [2.45, 2.75) is 20.4 Å². The molecule has 5 aromatic rings. The lowest BCUT2D eigenvalue weighted by Crippen LogP contribution is -2.25. The Labute approximate surface area is 182 Å². The Balaban J connectivity index is 1.48. The molecule has 9 nitrogen and oxygen atoms in total. The molecule has 0 aliphatic carbocycles. The topological polar surface area (TPSA) is 100 Å². The summed E-state index contributed by atoms with van der Waals surface area (Å²) in [6.45, 7) is 4.09. The quantitative estimate of drug-likeness (QED) is 0.423. The molecule has 0 amide bonds. The SMILES string of the molecule is COc1ccccc1-c1noc(Cn2ncn3nc(-c4cc(C)ccc4C)cc3c2=O)n1. The van der Waals surface area contributed by atoms with Gasteiger partial charge in [-0.2, -0.15) is 15.2 Å². The zero-order valence-corrected chi connectivity index (χ0v) is 17.8. The monoisotopic (exact) mass is 428 g/mol.